The van der Waals surface area contributed by atoms with Crippen LogP contribution in [0, 0.1) is 0 Å². The van der Waals surface area contributed by atoms with E-state index in [4.69, 9.17) is 0 Å². The van der Waals surface area contributed by atoms with Crippen molar-refractivity contribution in [2.75, 3.05) is 13.1 Å². The molecule has 0 aromatic heterocycles. The molecule has 1 aromatic carbocycles. The van der Waals surface area contributed by atoms with Crippen molar-refractivity contribution in [3.63, 3.8) is 0 Å². The molecule has 1 aromatic rings. The highest BCUT2D eigenvalue weighted by atomic mass is 16.3. The van der Waals surface area contributed by atoms with Crippen LogP contribution in [0.1, 0.15) is 58.8 Å². The number of nitrogens with zero attached hydrogens (tertiary/aromatic N) is 1. The maximum atomic E-state index is 10.3. The first-order chi connectivity index (χ1) is 8.75. The van der Waals surface area contributed by atoms with E-state index >= 15 is 0 Å². The predicted octanol–water partition coefficient (Wildman–Crippen LogP) is 3.75. The number of likely N-dealkylation sites (N-methyl/N-ethyl adjacent to an activating group) is 1. The second kappa shape index (κ2) is 6.53. The summed E-state index contributed by atoms with van der Waals surface area (Å²) >= 11 is 0. The van der Waals surface area contributed by atoms with Crippen LogP contribution >= 0.6 is 0 Å². The minimum atomic E-state index is -0.406. The molecule has 108 valence electrons. The standard InChI is InChI=1S/C17H29NO/c1-7-18(13(2)3)12-16(19)14-8-10-15(11-9-14)17(4,5)6/h8-11,13,16,19H,7,12H2,1-6H3. The van der Waals surface area contributed by atoms with E-state index < -0.39 is 6.10 Å². The minimum absolute atomic E-state index is 0.164. The van der Waals surface area contributed by atoms with Crippen LogP contribution in [0.25, 0.3) is 0 Å². The van der Waals surface area contributed by atoms with Crippen LogP contribution in [0.3, 0.4) is 0 Å². The van der Waals surface area contributed by atoms with E-state index in [0.29, 0.717) is 12.6 Å². The molecule has 0 bridgehead atoms. The van der Waals surface area contributed by atoms with Gasteiger partial charge in [0.1, 0.15) is 0 Å². The molecule has 2 nitrogen and oxygen atoms in total. The van der Waals surface area contributed by atoms with Gasteiger partial charge in [0.2, 0.25) is 0 Å². The molecule has 0 spiro atoms. The largest absolute Gasteiger partial charge is 0.387 e. The van der Waals surface area contributed by atoms with Crippen LogP contribution in [0.15, 0.2) is 24.3 Å². The van der Waals surface area contributed by atoms with Gasteiger partial charge in [0.25, 0.3) is 0 Å². The van der Waals surface area contributed by atoms with Crippen LogP contribution in [0.5, 0.6) is 0 Å². The minimum Gasteiger partial charge on any atom is -0.387 e. The highest BCUT2D eigenvalue weighted by molar-refractivity contribution is 5.28. The van der Waals surface area contributed by atoms with Gasteiger partial charge in [-0.15, -0.1) is 0 Å². The highest BCUT2D eigenvalue weighted by Crippen LogP contribution is 2.24. The maximum Gasteiger partial charge on any atom is 0.0917 e. The molecule has 0 aliphatic rings. The maximum absolute atomic E-state index is 10.3. The van der Waals surface area contributed by atoms with Gasteiger partial charge >= 0.3 is 0 Å². The van der Waals surface area contributed by atoms with E-state index in [1.165, 1.54) is 5.56 Å². The van der Waals surface area contributed by atoms with Gasteiger partial charge in [-0.1, -0.05) is 52.0 Å². The lowest BCUT2D eigenvalue weighted by Crippen LogP contribution is -2.34. The van der Waals surface area contributed by atoms with E-state index in [1.54, 1.807) is 0 Å². The molecule has 0 fully saturated rings. The van der Waals surface area contributed by atoms with Crippen molar-refractivity contribution in [2.24, 2.45) is 0 Å². The summed E-state index contributed by atoms with van der Waals surface area (Å²) in [7, 11) is 0. The van der Waals surface area contributed by atoms with Crippen molar-refractivity contribution < 1.29 is 5.11 Å². The number of aliphatic hydroxyl groups is 1. The molecular formula is C17H29NO. The molecule has 1 unspecified atom stereocenters. The number of hydrogen-bond acceptors (Lipinski definition) is 2. The molecule has 0 heterocycles. The molecule has 0 saturated heterocycles. The van der Waals surface area contributed by atoms with E-state index in [-0.39, 0.29) is 5.41 Å². The molecule has 1 rings (SSSR count). The molecule has 2 heteroatoms. The number of rotatable bonds is 5. The van der Waals surface area contributed by atoms with Gasteiger partial charge in [0.15, 0.2) is 0 Å². The van der Waals surface area contributed by atoms with Crippen LogP contribution in [0.2, 0.25) is 0 Å². The van der Waals surface area contributed by atoms with Crippen LogP contribution in [0.4, 0.5) is 0 Å². The van der Waals surface area contributed by atoms with Crippen molar-refractivity contribution in [1.82, 2.24) is 4.90 Å². The normalized spacial score (nSPS) is 14.2. The molecule has 0 amide bonds. The van der Waals surface area contributed by atoms with Crippen LogP contribution in [-0.2, 0) is 5.41 Å². The Hall–Kier alpha value is -0.860. The summed E-state index contributed by atoms with van der Waals surface area (Å²) in [6, 6.07) is 8.83. The monoisotopic (exact) mass is 263 g/mol. The van der Waals surface area contributed by atoms with E-state index in [0.717, 1.165) is 12.1 Å². The Labute approximate surface area is 118 Å². The molecule has 0 radical (unpaired) electrons. The smallest absolute Gasteiger partial charge is 0.0917 e. The average molecular weight is 263 g/mol. The first-order valence-electron chi connectivity index (χ1n) is 7.28. The average Bonchev–Trinajstić information content (AvgIpc) is 2.34. The van der Waals surface area contributed by atoms with E-state index in [2.05, 4.69) is 70.7 Å². The highest BCUT2D eigenvalue weighted by Gasteiger charge is 2.17. The molecule has 0 aliphatic carbocycles. The summed E-state index contributed by atoms with van der Waals surface area (Å²) in [4.78, 5) is 2.28. The van der Waals surface area contributed by atoms with Gasteiger partial charge in [0, 0.05) is 12.6 Å². The number of aliphatic hydroxyl groups excluding tert-OH is 1. The third kappa shape index (κ3) is 4.63. The molecule has 0 saturated carbocycles. The van der Waals surface area contributed by atoms with Gasteiger partial charge in [-0.3, -0.25) is 4.90 Å². The fourth-order valence-corrected chi connectivity index (χ4v) is 2.24. The predicted molar refractivity (Wildman–Crippen MR) is 82.5 cm³/mol. The van der Waals surface area contributed by atoms with Crippen molar-refractivity contribution in [1.29, 1.82) is 0 Å². The first-order valence-corrected chi connectivity index (χ1v) is 7.28. The SMILES string of the molecule is CCN(CC(O)c1ccc(C(C)(C)C)cc1)C(C)C. The Morgan fingerprint density at radius 2 is 1.63 bits per heavy atom. The zero-order valence-corrected chi connectivity index (χ0v) is 13.3. The first kappa shape index (κ1) is 16.2. The Kier molecular flexibility index (Phi) is 5.57. The Morgan fingerprint density at radius 1 is 1.11 bits per heavy atom. The quantitative estimate of drug-likeness (QED) is 0.874. The van der Waals surface area contributed by atoms with Crippen molar-refractivity contribution >= 4 is 0 Å². The number of hydrogen-bond donors (Lipinski definition) is 1. The van der Waals surface area contributed by atoms with Gasteiger partial charge < -0.3 is 5.11 Å². The summed E-state index contributed by atoms with van der Waals surface area (Å²) in [5, 5.41) is 10.3. The topological polar surface area (TPSA) is 23.5 Å². The van der Waals surface area contributed by atoms with Gasteiger partial charge in [-0.2, -0.15) is 0 Å². The van der Waals surface area contributed by atoms with Crippen molar-refractivity contribution in [3.8, 4) is 0 Å². The lowest BCUT2D eigenvalue weighted by molar-refractivity contribution is 0.0991. The van der Waals surface area contributed by atoms with E-state index in [1.807, 2.05) is 0 Å². The molecular weight excluding hydrogens is 234 g/mol. The van der Waals surface area contributed by atoms with Crippen LogP contribution in [-0.4, -0.2) is 29.1 Å². The van der Waals surface area contributed by atoms with Crippen molar-refractivity contribution in [3.05, 3.63) is 35.4 Å². The fourth-order valence-electron chi connectivity index (χ4n) is 2.24. The fraction of sp³-hybridized carbons (Fsp3) is 0.647. The molecule has 1 atom stereocenters. The van der Waals surface area contributed by atoms with Gasteiger partial charge in [-0.25, -0.2) is 0 Å². The Morgan fingerprint density at radius 3 is 2.00 bits per heavy atom. The Bertz CT molecular complexity index is 375. The molecule has 1 N–H and O–H groups in total. The Balaban J connectivity index is 2.75. The van der Waals surface area contributed by atoms with Crippen LogP contribution < -0.4 is 0 Å². The lowest BCUT2D eigenvalue weighted by atomic mass is 9.86. The summed E-state index contributed by atoms with van der Waals surface area (Å²) < 4.78 is 0. The zero-order valence-electron chi connectivity index (χ0n) is 13.3. The molecule has 0 aliphatic heterocycles. The number of benzene rings is 1. The third-order valence-electron chi connectivity index (χ3n) is 3.71. The van der Waals surface area contributed by atoms with Crippen molar-refractivity contribution in [2.45, 2.75) is 59.1 Å². The summed E-state index contributed by atoms with van der Waals surface area (Å²) in [5.74, 6) is 0. The summed E-state index contributed by atoms with van der Waals surface area (Å²) in [6.07, 6.45) is -0.406. The third-order valence-corrected chi connectivity index (χ3v) is 3.71. The lowest BCUT2D eigenvalue weighted by Gasteiger charge is -2.27. The second-order valence-corrected chi connectivity index (χ2v) is 6.57. The summed E-state index contributed by atoms with van der Waals surface area (Å²) in [6.45, 7) is 14.7. The van der Waals surface area contributed by atoms with Gasteiger partial charge in [0.05, 0.1) is 6.10 Å². The summed E-state index contributed by atoms with van der Waals surface area (Å²) in [5.41, 5.74) is 2.48. The van der Waals surface area contributed by atoms with E-state index in [9.17, 15) is 5.11 Å². The zero-order chi connectivity index (χ0) is 14.6. The molecule has 19 heavy (non-hydrogen) atoms. The second-order valence-electron chi connectivity index (χ2n) is 6.57. The van der Waals surface area contributed by atoms with Gasteiger partial charge in [-0.05, 0) is 36.9 Å².